The normalized spacial score (nSPS) is 16.8. The van der Waals surface area contributed by atoms with Crippen molar-refractivity contribution in [3.05, 3.63) is 77.6 Å². The highest BCUT2D eigenvalue weighted by Crippen LogP contribution is 2.38. The maximum absolute atomic E-state index is 13.1. The number of aromatic amines is 1. The minimum absolute atomic E-state index is 0.0699. The molecule has 0 bridgehead atoms. The average molecular weight is 507 g/mol. The molecule has 5 heterocycles. The smallest absolute Gasteiger partial charge is 0.417 e. The molecule has 4 aromatic rings. The number of amides is 1. The third kappa shape index (κ3) is 4.59. The van der Waals surface area contributed by atoms with Crippen LogP contribution in [0.1, 0.15) is 34.9 Å². The minimum atomic E-state index is -4.48. The molecule has 0 fully saturated rings. The van der Waals surface area contributed by atoms with E-state index in [1.807, 2.05) is 18.2 Å². The number of aromatic nitrogens is 4. The number of alkyl halides is 3. The van der Waals surface area contributed by atoms with E-state index in [9.17, 15) is 18.0 Å². The lowest BCUT2D eigenvalue weighted by Crippen LogP contribution is -2.20. The number of carbonyl (C=O) groups excluding carboxylic acids is 1. The van der Waals surface area contributed by atoms with Crippen LogP contribution in [0.4, 0.5) is 19.0 Å². The van der Waals surface area contributed by atoms with Crippen molar-refractivity contribution >= 4 is 11.7 Å². The summed E-state index contributed by atoms with van der Waals surface area (Å²) in [7, 11) is 0. The molecular weight excluding hydrogens is 487 g/mol. The number of ether oxygens (including phenoxy) is 2. The second kappa shape index (κ2) is 8.91. The Morgan fingerprint density at radius 2 is 2.00 bits per heavy atom. The zero-order chi connectivity index (χ0) is 25.6. The third-order valence-corrected chi connectivity index (χ3v) is 6.38. The molecule has 6 rings (SSSR count). The van der Waals surface area contributed by atoms with Crippen molar-refractivity contribution in [1.82, 2.24) is 19.9 Å². The Hall–Kier alpha value is -4.41. The van der Waals surface area contributed by atoms with E-state index >= 15 is 0 Å². The summed E-state index contributed by atoms with van der Waals surface area (Å²) in [5, 5.41) is 2.76. The summed E-state index contributed by atoms with van der Waals surface area (Å²) in [5.74, 6) is 2.91. The molecule has 0 saturated carbocycles. The van der Waals surface area contributed by atoms with E-state index in [-0.39, 0.29) is 17.4 Å². The number of anilines is 1. The molecule has 1 aromatic carbocycles. The molecule has 0 saturated heterocycles. The molecule has 11 heteroatoms. The molecule has 37 heavy (non-hydrogen) atoms. The van der Waals surface area contributed by atoms with E-state index in [0.717, 1.165) is 29.1 Å². The Bertz CT molecular complexity index is 1500. The number of nitrogens with zero attached hydrogens (tertiary/aromatic N) is 3. The Morgan fingerprint density at radius 3 is 2.86 bits per heavy atom. The van der Waals surface area contributed by atoms with Gasteiger partial charge < -0.3 is 19.8 Å². The number of carbonyl (C=O) groups is 1. The first-order valence-electron chi connectivity index (χ1n) is 11.6. The van der Waals surface area contributed by atoms with Gasteiger partial charge in [-0.15, -0.1) is 0 Å². The molecule has 1 unspecified atom stereocenters. The van der Waals surface area contributed by atoms with Crippen molar-refractivity contribution in [2.24, 2.45) is 0 Å². The van der Waals surface area contributed by atoms with Gasteiger partial charge in [-0.05, 0) is 48.7 Å². The molecule has 0 aliphatic carbocycles. The van der Waals surface area contributed by atoms with Gasteiger partial charge in [0, 0.05) is 42.3 Å². The number of hydrogen-bond acceptors (Lipinski definition) is 6. The summed E-state index contributed by atoms with van der Waals surface area (Å²) < 4.78 is 51.3. The number of hydrogen-bond donors (Lipinski definition) is 2. The van der Waals surface area contributed by atoms with Crippen LogP contribution in [-0.2, 0) is 23.8 Å². The fraction of sp³-hybridized carbons (Fsp3) is 0.231. The summed E-state index contributed by atoms with van der Waals surface area (Å²) in [6.45, 7) is 0.374. The van der Waals surface area contributed by atoms with Gasteiger partial charge in [0.2, 0.25) is 5.91 Å². The second-order valence-corrected chi connectivity index (χ2v) is 8.90. The van der Waals surface area contributed by atoms with Crippen LogP contribution < -0.4 is 14.8 Å². The van der Waals surface area contributed by atoms with Gasteiger partial charge in [-0.2, -0.15) is 13.2 Å². The molecule has 2 aliphatic rings. The molecule has 8 nitrogen and oxygen atoms in total. The van der Waals surface area contributed by atoms with E-state index in [1.54, 1.807) is 18.5 Å². The maximum atomic E-state index is 13.1. The summed E-state index contributed by atoms with van der Waals surface area (Å²) in [6.07, 6.45) is 2.35. The first-order valence-corrected chi connectivity index (χ1v) is 11.6. The molecule has 2 aliphatic heterocycles. The fourth-order valence-corrected chi connectivity index (χ4v) is 4.52. The third-order valence-electron chi connectivity index (χ3n) is 6.38. The molecule has 0 spiro atoms. The van der Waals surface area contributed by atoms with Crippen LogP contribution in [0.3, 0.4) is 0 Å². The van der Waals surface area contributed by atoms with Gasteiger partial charge in [0.15, 0.2) is 0 Å². The molecule has 1 atom stereocenters. The van der Waals surface area contributed by atoms with Crippen molar-refractivity contribution < 1.29 is 27.4 Å². The van der Waals surface area contributed by atoms with Crippen LogP contribution in [0.25, 0.3) is 11.3 Å². The first kappa shape index (κ1) is 23.0. The van der Waals surface area contributed by atoms with Crippen molar-refractivity contribution in [2.45, 2.75) is 31.4 Å². The van der Waals surface area contributed by atoms with Gasteiger partial charge in [0.1, 0.15) is 28.9 Å². The van der Waals surface area contributed by atoms with Crippen molar-refractivity contribution in [1.29, 1.82) is 0 Å². The Balaban J connectivity index is 1.21. The summed E-state index contributed by atoms with van der Waals surface area (Å²) >= 11 is 0. The Kier molecular flexibility index (Phi) is 5.54. The molecule has 188 valence electrons. The van der Waals surface area contributed by atoms with Gasteiger partial charge in [-0.25, -0.2) is 9.97 Å². The van der Waals surface area contributed by atoms with Crippen LogP contribution in [0.2, 0.25) is 0 Å². The van der Waals surface area contributed by atoms with Crippen LogP contribution >= 0.6 is 0 Å². The quantitative estimate of drug-likeness (QED) is 0.390. The number of halogens is 3. The van der Waals surface area contributed by atoms with E-state index in [0.29, 0.717) is 54.7 Å². The lowest BCUT2D eigenvalue weighted by Gasteiger charge is -2.25. The Labute approximate surface area is 208 Å². The summed E-state index contributed by atoms with van der Waals surface area (Å²) in [4.78, 5) is 27.2. The van der Waals surface area contributed by atoms with E-state index in [1.165, 1.54) is 6.20 Å². The number of H-pyrrole nitrogens is 1. The van der Waals surface area contributed by atoms with Crippen LogP contribution in [0, 0.1) is 0 Å². The van der Waals surface area contributed by atoms with Gasteiger partial charge in [0.05, 0.1) is 23.8 Å². The average Bonchev–Trinajstić information content (AvgIpc) is 3.38. The highest BCUT2D eigenvalue weighted by molar-refractivity contribution is 5.93. The lowest BCUT2D eigenvalue weighted by atomic mass is 9.96. The monoisotopic (exact) mass is 507 g/mol. The van der Waals surface area contributed by atoms with Crippen LogP contribution in [0.5, 0.6) is 17.2 Å². The standard InChI is InChI=1S/C26H20F3N5O3/c27-26(28,29)17-8-15(10-30-11-17)20-12-32-24(33-20)16-7-14-9-18(1-3-21(14)36-13-16)37-22-5-6-31-25-19(22)2-4-23(35)34-25/h1,3,5-6,8-12,16H,2,4,7,13H2,(H,32,33)(H,31,34,35). The van der Waals surface area contributed by atoms with Gasteiger partial charge in [-0.1, -0.05) is 0 Å². The maximum Gasteiger partial charge on any atom is 0.417 e. The van der Waals surface area contributed by atoms with E-state index in [2.05, 4.69) is 25.3 Å². The van der Waals surface area contributed by atoms with E-state index < -0.39 is 11.7 Å². The number of imidazole rings is 1. The van der Waals surface area contributed by atoms with Gasteiger partial charge in [-0.3, -0.25) is 9.78 Å². The van der Waals surface area contributed by atoms with Crippen molar-refractivity contribution in [2.75, 3.05) is 11.9 Å². The highest BCUT2D eigenvalue weighted by Gasteiger charge is 2.31. The minimum Gasteiger partial charge on any atom is -0.493 e. The largest absolute Gasteiger partial charge is 0.493 e. The fourth-order valence-electron chi connectivity index (χ4n) is 4.52. The zero-order valence-corrected chi connectivity index (χ0v) is 19.3. The lowest BCUT2D eigenvalue weighted by molar-refractivity contribution is -0.137. The highest BCUT2D eigenvalue weighted by atomic mass is 19.4. The molecule has 2 N–H and O–H groups in total. The number of pyridine rings is 2. The molecule has 1 amide bonds. The Morgan fingerprint density at radius 1 is 1.11 bits per heavy atom. The number of fused-ring (bicyclic) bond motifs is 2. The number of nitrogens with one attached hydrogen (secondary N) is 2. The molecular formula is C26H20F3N5O3. The first-order chi connectivity index (χ1) is 17.8. The van der Waals surface area contributed by atoms with Gasteiger partial charge >= 0.3 is 6.18 Å². The number of rotatable bonds is 4. The SMILES string of the molecule is O=C1CCc2c(Oc3ccc4c(c3)CC(c3nc(-c5cncc(C(F)(F)F)c5)c[nH]3)CO4)ccnc2N1. The topological polar surface area (TPSA) is 102 Å². The van der Waals surface area contributed by atoms with Gasteiger partial charge in [0.25, 0.3) is 0 Å². The zero-order valence-electron chi connectivity index (χ0n) is 19.3. The van der Waals surface area contributed by atoms with E-state index in [4.69, 9.17) is 9.47 Å². The van der Waals surface area contributed by atoms with Crippen LogP contribution in [-0.4, -0.2) is 32.4 Å². The predicted molar refractivity (Wildman–Crippen MR) is 126 cm³/mol. The molecule has 0 radical (unpaired) electrons. The van der Waals surface area contributed by atoms with Crippen molar-refractivity contribution in [3.63, 3.8) is 0 Å². The summed E-state index contributed by atoms with van der Waals surface area (Å²) in [6, 6.07) is 8.36. The van der Waals surface area contributed by atoms with Crippen molar-refractivity contribution in [3.8, 4) is 28.5 Å². The number of benzene rings is 1. The molecule has 3 aromatic heterocycles. The van der Waals surface area contributed by atoms with Crippen LogP contribution in [0.15, 0.2) is 55.1 Å². The summed E-state index contributed by atoms with van der Waals surface area (Å²) in [5.41, 5.74) is 1.60. The second-order valence-electron chi connectivity index (χ2n) is 8.90. The predicted octanol–water partition coefficient (Wildman–Crippen LogP) is 5.28.